The Bertz CT molecular complexity index is 599. The SMILES string of the molecule is NC(=O)c1ccccc1Oc1cc(Cl)ccc1N. The minimum atomic E-state index is -0.564. The smallest absolute Gasteiger partial charge is 0.252 e. The summed E-state index contributed by atoms with van der Waals surface area (Å²) in [7, 11) is 0. The second kappa shape index (κ2) is 4.98. The molecule has 92 valence electrons. The number of primary amides is 1. The summed E-state index contributed by atoms with van der Waals surface area (Å²) in [5.74, 6) is 0.168. The molecule has 0 aromatic heterocycles. The maximum Gasteiger partial charge on any atom is 0.252 e. The first kappa shape index (κ1) is 12.3. The van der Waals surface area contributed by atoms with Crippen LogP contribution in [0.2, 0.25) is 5.02 Å². The number of rotatable bonds is 3. The largest absolute Gasteiger partial charge is 0.454 e. The molecule has 0 radical (unpaired) electrons. The van der Waals surface area contributed by atoms with Crippen LogP contribution in [0.1, 0.15) is 10.4 Å². The van der Waals surface area contributed by atoms with Gasteiger partial charge in [0.1, 0.15) is 5.75 Å². The van der Waals surface area contributed by atoms with Crippen molar-refractivity contribution in [2.75, 3.05) is 5.73 Å². The van der Waals surface area contributed by atoms with Crippen LogP contribution < -0.4 is 16.2 Å². The van der Waals surface area contributed by atoms with Gasteiger partial charge >= 0.3 is 0 Å². The third kappa shape index (κ3) is 2.55. The number of nitrogen functional groups attached to an aromatic ring is 1. The van der Waals surface area contributed by atoms with Gasteiger partial charge in [-0.25, -0.2) is 0 Å². The first-order valence-electron chi connectivity index (χ1n) is 5.19. The molecule has 0 atom stereocenters. The molecule has 0 fully saturated rings. The van der Waals surface area contributed by atoms with Crippen molar-refractivity contribution in [3.05, 3.63) is 53.1 Å². The molecule has 0 saturated carbocycles. The van der Waals surface area contributed by atoms with Crippen LogP contribution in [-0.2, 0) is 0 Å². The maximum absolute atomic E-state index is 11.2. The second-order valence-electron chi connectivity index (χ2n) is 3.64. The number of carbonyl (C=O) groups is 1. The number of anilines is 1. The summed E-state index contributed by atoms with van der Waals surface area (Å²) >= 11 is 5.86. The Morgan fingerprint density at radius 1 is 1.11 bits per heavy atom. The summed E-state index contributed by atoms with van der Waals surface area (Å²) in [5.41, 5.74) is 11.7. The number of nitrogens with two attached hydrogens (primary N) is 2. The number of halogens is 1. The monoisotopic (exact) mass is 262 g/mol. The topological polar surface area (TPSA) is 78.3 Å². The van der Waals surface area contributed by atoms with Crippen molar-refractivity contribution in [2.45, 2.75) is 0 Å². The van der Waals surface area contributed by atoms with Crippen molar-refractivity contribution in [1.29, 1.82) is 0 Å². The van der Waals surface area contributed by atoms with Gasteiger partial charge < -0.3 is 16.2 Å². The molecule has 1 amide bonds. The Labute approximate surface area is 109 Å². The molecule has 4 N–H and O–H groups in total. The van der Waals surface area contributed by atoms with E-state index in [9.17, 15) is 4.79 Å². The van der Waals surface area contributed by atoms with Gasteiger partial charge in [0, 0.05) is 11.1 Å². The van der Waals surface area contributed by atoms with Crippen molar-refractivity contribution in [1.82, 2.24) is 0 Å². The molecule has 2 aromatic carbocycles. The third-order valence-electron chi connectivity index (χ3n) is 2.35. The van der Waals surface area contributed by atoms with E-state index in [-0.39, 0.29) is 5.56 Å². The summed E-state index contributed by atoms with van der Waals surface area (Å²) < 4.78 is 5.57. The number of hydrogen-bond donors (Lipinski definition) is 2. The number of hydrogen-bond acceptors (Lipinski definition) is 3. The molecule has 0 aliphatic heterocycles. The van der Waals surface area contributed by atoms with Gasteiger partial charge in [0.25, 0.3) is 5.91 Å². The predicted molar refractivity (Wildman–Crippen MR) is 70.9 cm³/mol. The highest BCUT2D eigenvalue weighted by molar-refractivity contribution is 6.30. The van der Waals surface area contributed by atoms with Crippen LogP contribution in [0.5, 0.6) is 11.5 Å². The van der Waals surface area contributed by atoms with Crippen molar-refractivity contribution in [3.63, 3.8) is 0 Å². The zero-order chi connectivity index (χ0) is 13.1. The molecule has 0 spiro atoms. The highest BCUT2D eigenvalue weighted by Crippen LogP contribution is 2.31. The van der Waals surface area contributed by atoms with Gasteiger partial charge in [0.15, 0.2) is 5.75 Å². The fourth-order valence-corrected chi connectivity index (χ4v) is 1.64. The van der Waals surface area contributed by atoms with Crippen LogP contribution in [0.15, 0.2) is 42.5 Å². The van der Waals surface area contributed by atoms with Gasteiger partial charge in [-0.2, -0.15) is 0 Å². The number of para-hydroxylation sites is 1. The van der Waals surface area contributed by atoms with Crippen molar-refractivity contribution in [3.8, 4) is 11.5 Å². The Morgan fingerprint density at radius 3 is 2.56 bits per heavy atom. The van der Waals surface area contributed by atoms with E-state index in [4.69, 9.17) is 27.8 Å². The van der Waals surface area contributed by atoms with E-state index in [2.05, 4.69) is 0 Å². The number of amides is 1. The first-order valence-corrected chi connectivity index (χ1v) is 5.57. The minimum Gasteiger partial charge on any atom is -0.454 e. The molecule has 18 heavy (non-hydrogen) atoms. The van der Waals surface area contributed by atoms with Gasteiger partial charge in [-0.05, 0) is 24.3 Å². The number of carbonyl (C=O) groups excluding carboxylic acids is 1. The van der Waals surface area contributed by atoms with Crippen LogP contribution in [0.25, 0.3) is 0 Å². The van der Waals surface area contributed by atoms with Crippen LogP contribution >= 0.6 is 11.6 Å². The molecule has 0 aliphatic rings. The fraction of sp³-hybridized carbons (Fsp3) is 0. The summed E-state index contributed by atoms with van der Waals surface area (Å²) in [4.78, 5) is 11.2. The zero-order valence-electron chi connectivity index (χ0n) is 9.39. The van der Waals surface area contributed by atoms with Crippen molar-refractivity contribution >= 4 is 23.2 Å². The van der Waals surface area contributed by atoms with E-state index < -0.39 is 5.91 Å². The van der Waals surface area contributed by atoms with E-state index in [1.807, 2.05) is 0 Å². The summed E-state index contributed by atoms with van der Waals surface area (Å²) in [6, 6.07) is 11.5. The molecule has 0 aliphatic carbocycles. The van der Waals surface area contributed by atoms with Crippen LogP contribution in [-0.4, -0.2) is 5.91 Å². The van der Waals surface area contributed by atoms with Crippen molar-refractivity contribution < 1.29 is 9.53 Å². The number of benzene rings is 2. The molecule has 2 rings (SSSR count). The molecule has 0 heterocycles. The predicted octanol–water partition coefficient (Wildman–Crippen LogP) is 2.81. The van der Waals surface area contributed by atoms with E-state index in [1.165, 1.54) is 0 Å². The molecule has 0 unspecified atom stereocenters. The zero-order valence-corrected chi connectivity index (χ0v) is 10.1. The lowest BCUT2D eigenvalue weighted by atomic mass is 10.2. The van der Waals surface area contributed by atoms with E-state index in [0.29, 0.717) is 22.2 Å². The van der Waals surface area contributed by atoms with Gasteiger partial charge in [0.05, 0.1) is 11.3 Å². The molecule has 5 heteroatoms. The third-order valence-corrected chi connectivity index (χ3v) is 2.58. The maximum atomic E-state index is 11.2. The first-order chi connectivity index (χ1) is 8.58. The van der Waals surface area contributed by atoms with Gasteiger partial charge in [0.2, 0.25) is 0 Å². The molecule has 0 bridgehead atoms. The average molecular weight is 263 g/mol. The molecule has 2 aromatic rings. The Hall–Kier alpha value is -2.20. The quantitative estimate of drug-likeness (QED) is 0.835. The molecular formula is C13H11ClN2O2. The molecule has 4 nitrogen and oxygen atoms in total. The van der Waals surface area contributed by atoms with Crippen LogP contribution in [0, 0.1) is 0 Å². The highest BCUT2D eigenvalue weighted by Gasteiger charge is 2.10. The highest BCUT2D eigenvalue weighted by atomic mass is 35.5. The Morgan fingerprint density at radius 2 is 1.83 bits per heavy atom. The van der Waals surface area contributed by atoms with E-state index >= 15 is 0 Å². The molecular weight excluding hydrogens is 252 g/mol. The summed E-state index contributed by atoms with van der Waals surface area (Å²) in [5, 5.41) is 0.496. The second-order valence-corrected chi connectivity index (χ2v) is 4.08. The van der Waals surface area contributed by atoms with Crippen LogP contribution in [0.3, 0.4) is 0 Å². The normalized spacial score (nSPS) is 10.1. The van der Waals surface area contributed by atoms with Crippen molar-refractivity contribution in [2.24, 2.45) is 5.73 Å². The lowest BCUT2D eigenvalue weighted by Gasteiger charge is -2.11. The van der Waals surface area contributed by atoms with E-state index in [0.717, 1.165) is 0 Å². The lowest BCUT2D eigenvalue weighted by molar-refractivity contribution is 0.0998. The Balaban J connectivity index is 2.40. The fourth-order valence-electron chi connectivity index (χ4n) is 1.47. The standard InChI is InChI=1S/C13H11ClN2O2/c14-8-5-6-10(15)12(7-8)18-11-4-2-1-3-9(11)13(16)17/h1-7H,15H2,(H2,16,17). The average Bonchev–Trinajstić information content (AvgIpc) is 2.34. The molecule has 0 saturated heterocycles. The van der Waals surface area contributed by atoms with Gasteiger partial charge in [-0.1, -0.05) is 23.7 Å². The number of ether oxygens (including phenoxy) is 1. The lowest BCUT2D eigenvalue weighted by Crippen LogP contribution is -2.12. The van der Waals surface area contributed by atoms with Gasteiger partial charge in [-0.3, -0.25) is 4.79 Å². The van der Waals surface area contributed by atoms with Crippen LogP contribution in [0.4, 0.5) is 5.69 Å². The summed E-state index contributed by atoms with van der Waals surface area (Å²) in [6.07, 6.45) is 0. The van der Waals surface area contributed by atoms with Gasteiger partial charge in [-0.15, -0.1) is 0 Å². The summed E-state index contributed by atoms with van der Waals surface area (Å²) in [6.45, 7) is 0. The Kier molecular flexibility index (Phi) is 3.39. The van der Waals surface area contributed by atoms with E-state index in [1.54, 1.807) is 42.5 Å². The minimum absolute atomic E-state index is 0.289.